The summed E-state index contributed by atoms with van der Waals surface area (Å²) in [6.45, 7) is 3.53. The number of phenolic OH excluding ortho intramolecular Hbond substituents is 1. The molecule has 4 rings (SSSR count). The van der Waals surface area contributed by atoms with E-state index in [1.807, 2.05) is 0 Å². The maximum atomic E-state index is 13.4. The molecule has 0 radical (unpaired) electrons. The smallest absolute Gasteiger partial charge is 0.416 e. The number of hydrogen-bond acceptors (Lipinski definition) is 10. The number of carbonyl (C=O) groups excluding carboxylic acids is 2. The summed E-state index contributed by atoms with van der Waals surface area (Å²) in [4.78, 5) is 29.1. The minimum atomic E-state index is -4.59. The van der Waals surface area contributed by atoms with Gasteiger partial charge in [-0.25, -0.2) is 0 Å². The van der Waals surface area contributed by atoms with Gasteiger partial charge in [0, 0.05) is 18.3 Å². The largest absolute Gasteiger partial charge is 0.508 e. The zero-order valence-electron chi connectivity index (χ0n) is 22.4. The molecule has 222 valence electrons. The third-order valence-electron chi connectivity index (χ3n) is 6.29. The van der Waals surface area contributed by atoms with E-state index in [1.54, 1.807) is 13.0 Å². The number of aliphatic hydroxyl groups is 1. The van der Waals surface area contributed by atoms with Gasteiger partial charge in [-0.3, -0.25) is 19.9 Å². The molecule has 6 N–H and O–H groups in total. The lowest BCUT2D eigenvalue weighted by Crippen LogP contribution is -2.42. The number of guanidine groups is 1. The Morgan fingerprint density at radius 2 is 2.00 bits per heavy atom. The van der Waals surface area contributed by atoms with Crippen LogP contribution in [0.25, 0.3) is 0 Å². The summed E-state index contributed by atoms with van der Waals surface area (Å²) in [5, 5.41) is 31.2. The lowest BCUT2D eigenvalue weighted by Gasteiger charge is -2.21. The number of esters is 1. The fourth-order valence-electron chi connectivity index (χ4n) is 4.40. The summed E-state index contributed by atoms with van der Waals surface area (Å²) in [7, 11) is 0. The third-order valence-corrected chi connectivity index (χ3v) is 6.29. The van der Waals surface area contributed by atoms with Crippen molar-refractivity contribution in [2.45, 2.75) is 50.9 Å². The van der Waals surface area contributed by atoms with Gasteiger partial charge in [0.1, 0.15) is 18.1 Å². The van der Waals surface area contributed by atoms with Crippen LogP contribution < -0.4 is 21.3 Å². The maximum Gasteiger partial charge on any atom is 0.416 e. The predicted molar refractivity (Wildman–Crippen MR) is 142 cm³/mol. The van der Waals surface area contributed by atoms with Gasteiger partial charge < -0.3 is 35.6 Å². The molecule has 0 aromatic heterocycles. The summed E-state index contributed by atoms with van der Waals surface area (Å²) in [5.74, 6) is -0.800. The number of ether oxygens (including phenoxy) is 2. The Bertz CT molecular complexity index is 1300. The van der Waals surface area contributed by atoms with Crippen molar-refractivity contribution in [2.24, 2.45) is 4.99 Å². The number of benzene rings is 2. The van der Waals surface area contributed by atoms with Crippen molar-refractivity contribution in [1.82, 2.24) is 16.0 Å². The van der Waals surface area contributed by atoms with Crippen LogP contribution in [0.4, 0.5) is 18.9 Å². The molecular formula is C27H32F3N5O6. The first-order valence-corrected chi connectivity index (χ1v) is 13.0. The lowest BCUT2D eigenvalue weighted by molar-refractivity contribution is -0.143. The molecule has 2 aliphatic rings. The molecule has 0 aliphatic carbocycles. The van der Waals surface area contributed by atoms with E-state index in [4.69, 9.17) is 9.47 Å². The number of hydrogen-bond donors (Lipinski definition) is 6. The van der Waals surface area contributed by atoms with Crippen LogP contribution in [0.5, 0.6) is 5.75 Å². The molecule has 2 aromatic carbocycles. The molecule has 14 heteroatoms. The predicted octanol–water partition coefficient (Wildman–Crippen LogP) is 2.25. The van der Waals surface area contributed by atoms with Crippen molar-refractivity contribution in [2.75, 3.05) is 31.6 Å². The molecule has 0 bridgehead atoms. The van der Waals surface area contributed by atoms with Gasteiger partial charge in [0.05, 0.1) is 43.8 Å². The standard InChI is InChI=1S/C27H32F3N5O6/c1-3-40-23(39)10-21(15-4-14(2)5-17(6-15)27(28,29)30)35-22(38)13-31-25-24(41-25)16-7-18(9-19(36)8-16)34-26-32-11-20(37)12-33-26/h4-9,20-21,24-25,31,36-37H,3,10-13H2,1-2H3,(H,35,38)(H2,32,33,34)/t21-,24?,25?/m0/s1. The number of carbonyl (C=O) groups is 2. The number of rotatable bonds is 10. The Morgan fingerprint density at radius 1 is 1.22 bits per heavy atom. The molecule has 1 saturated heterocycles. The Kier molecular flexibility index (Phi) is 9.35. The highest BCUT2D eigenvalue weighted by Gasteiger charge is 2.41. The molecule has 0 saturated carbocycles. The molecule has 11 nitrogen and oxygen atoms in total. The molecule has 2 heterocycles. The van der Waals surface area contributed by atoms with Gasteiger partial charge in [0.25, 0.3) is 0 Å². The summed E-state index contributed by atoms with van der Waals surface area (Å²) < 4.78 is 50.7. The van der Waals surface area contributed by atoms with Crippen LogP contribution in [0.1, 0.15) is 47.7 Å². The van der Waals surface area contributed by atoms with Crippen molar-refractivity contribution >= 4 is 23.5 Å². The second-order valence-corrected chi connectivity index (χ2v) is 9.78. The summed E-state index contributed by atoms with van der Waals surface area (Å²) in [6.07, 6.45) is -6.54. The Hall–Kier alpha value is -3.88. The van der Waals surface area contributed by atoms with E-state index in [9.17, 15) is 33.0 Å². The summed E-state index contributed by atoms with van der Waals surface area (Å²) >= 11 is 0. The fraction of sp³-hybridized carbons (Fsp3) is 0.444. The molecule has 2 aromatic rings. The van der Waals surface area contributed by atoms with Gasteiger partial charge in [-0.15, -0.1) is 0 Å². The monoisotopic (exact) mass is 579 g/mol. The number of aromatic hydroxyl groups is 1. The number of β-amino-alcohol motifs (C(OH)–C–C–N with tert-alkyl or cyclic N) is 1. The lowest BCUT2D eigenvalue weighted by atomic mass is 9.98. The number of alkyl halides is 3. The summed E-state index contributed by atoms with van der Waals surface area (Å²) in [5.41, 5.74) is 0.737. The topological polar surface area (TPSA) is 157 Å². The van der Waals surface area contributed by atoms with Crippen molar-refractivity contribution in [3.63, 3.8) is 0 Å². The van der Waals surface area contributed by atoms with E-state index in [-0.39, 0.29) is 37.4 Å². The first-order valence-electron chi connectivity index (χ1n) is 13.0. The normalized spacial score (nSPS) is 20.8. The van der Waals surface area contributed by atoms with E-state index >= 15 is 0 Å². The molecule has 2 aliphatic heterocycles. The highest BCUT2D eigenvalue weighted by Crippen LogP contribution is 2.39. The van der Waals surface area contributed by atoms with Crippen molar-refractivity contribution < 1.29 is 42.4 Å². The second-order valence-electron chi connectivity index (χ2n) is 9.78. The van der Waals surface area contributed by atoms with Gasteiger partial charge in [-0.2, -0.15) is 13.2 Å². The van der Waals surface area contributed by atoms with E-state index in [0.717, 1.165) is 12.1 Å². The van der Waals surface area contributed by atoms with Crippen LogP contribution in [0, 0.1) is 6.92 Å². The van der Waals surface area contributed by atoms with Crippen LogP contribution in [0.2, 0.25) is 0 Å². The number of phenols is 1. The number of halogens is 3. The highest BCUT2D eigenvalue weighted by molar-refractivity contribution is 5.94. The van der Waals surface area contributed by atoms with E-state index in [0.29, 0.717) is 29.3 Å². The molecule has 1 fully saturated rings. The van der Waals surface area contributed by atoms with Gasteiger partial charge in [-0.1, -0.05) is 11.6 Å². The number of aryl methyl sites for hydroxylation is 1. The van der Waals surface area contributed by atoms with Gasteiger partial charge in [-0.05, 0) is 49.2 Å². The molecule has 0 spiro atoms. The van der Waals surface area contributed by atoms with Gasteiger partial charge in [0.2, 0.25) is 5.91 Å². The molecular weight excluding hydrogens is 547 g/mol. The van der Waals surface area contributed by atoms with E-state index in [1.165, 1.54) is 25.1 Å². The molecule has 4 atom stereocenters. The Balaban J connectivity index is 1.37. The first-order chi connectivity index (χ1) is 19.4. The number of anilines is 1. The van der Waals surface area contributed by atoms with Crippen LogP contribution in [-0.4, -0.2) is 66.6 Å². The number of aliphatic imine (C=N–C) groups is 1. The molecule has 41 heavy (non-hydrogen) atoms. The van der Waals surface area contributed by atoms with Crippen molar-refractivity contribution in [3.8, 4) is 5.75 Å². The molecule has 1 amide bonds. The average Bonchev–Trinajstić information content (AvgIpc) is 3.67. The van der Waals surface area contributed by atoms with Crippen LogP contribution in [0.15, 0.2) is 41.4 Å². The maximum absolute atomic E-state index is 13.4. The van der Waals surface area contributed by atoms with Crippen molar-refractivity contribution in [3.05, 3.63) is 58.7 Å². The quantitative estimate of drug-likeness (QED) is 0.184. The second kappa shape index (κ2) is 12.7. The molecule has 3 unspecified atom stereocenters. The fourth-order valence-corrected chi connectivity index (χ4v) is 4.40. The van der Waals surface area contributed by atoms with Crippen LogP contribution in [-0.2, 0) is 25.2 Å². The minimum absolute atomic E-state index is 0.0216. The number of epoxide rings is 1. The zero-order valence-corrected chi connectivity index (χ0v) is 22.4. The zero-order chi connectivity index (χ0) is 29.7. The van der Waals surface area contributed by atoms with Crippen LogP contribution in [0.3, 0.4) is 0 Å². The van der Waals surface area contributed by atoms with Gasteiger partial charge >= 0.3 is 12.1 Å². The average molecular weight is 580 g/mol. The Labute approximate surface area is 234 Å². The van der Waals surface area contributed by atoms with Gasteiger partial charge in [0.15, 0.2) is 5.96 Å². The number of nitrogens with zero attached hydrogens (tertiary/aromatic N) is 1. The number of nitrogens with one attached hydrogen (secondary N) is 4. The first kappa shape index (κ1) is 30.1. The van der Waals surface area contributed by atoms with Crippen LogP contribution >= 0.6 is 0 Å². The third kappa shape index (κ3) is 8.55. The SMILES string of the molecule is CCOC(=O)C[C@H](NC(=O)CNC1OC1c1cc(O)cc(NC2=NCC(O)CN2)c1)c1cc(C)cc(C(F)(F)F)c1. The summed E-state index contributed by atoms with van der Waals surface area (Å²) in [6, 6.07) is 7.10. The van der Waals surface area contributed by atoms with E-state index in [2.05, 4.69) is 26.3 Å². The minimum Gasteiger partial charge on any atom is -0.508 e. The highest BCUT2D eigenvalue weighted by atomic mass is 19.4. The Morgan fingerprint density at radius 3 is 2.68 bits per heavy atom. The van der Waals surface area contributed by atoms with E-state index < -0.39 is 48.1 Å². The number of aliphatic hydroxyl groups excluding tert-OH is 1. The number of amides is 1. The van der Waals surface area contributed by atoms with Crippen molar-refractivity contribution in [1.29, 1.82) is 0 Å².